The Labute approximate surface area is 157 Å². The topological polar surface area (TPSA) is 0 Å². The molecular formula is C26H28. The Hall–Kier alpha value is -2.08. The molecule has 4 unspecified atom stereocenters. The van der Waals surface area contributed by atoms with Crippen molar-refractivity contribution in [2.75, 3.05) is 0 Å². The first-order valence-electron chi connectivity index (χ1n) is 10.4. The molecule has 0 heterocycles. The Balaban J connectivity index is 1.48. The van der Waals surface area contributed by atoms with Crippen molar-refractivity contribution in [2.45, 2.75) is 62.2 Å². The quantitative estimate of drug-likeness (QED) is 0.444. The molecule has 0 aromatic heterocycles. The Morgan fingerprint density at radius 2 is 0.692 bits per heavy atom. The number of allylic oxidation sites excluding steroid dienone is 4. The summed E-state index contributed by atoms with van der Waals surface area (Å²) in [5.74, 6) is 2.45. The van der Waals surface area contributed by atoms with E-state index in [0.717, 1.165) is 0 Å². The van der Waals surface area contributed by atoms with Crippen LogP contribution in [-0.4, -0.2) is 0 Å². The van der Waals surface area contributed by atoms with E-state index in [0.29, 0.717) is 23.7 Å². The average Bonchev–Trinajstić information content (AvgIpc) is 2.70. The Bertz CT molecular complexity index is 703. The minimum Gasteiger partial charge on any atom is -0.0804 e. The van der Waals surface area contributed by atoms with Crippen molar-refractivity contribution >= 4 is 0 Å². The second-order valence-corrected chi connectivity index (χ2v) is 8.32. The van der Waals surface area contributed by atoms with Gasteiger partial charge in [-0.05, 0) is 47.9 Å². The van der Waals surface area contributed by atoms with E-state index >= 15 is 0 Å². The lowest BCUT2D eigenvalue weighted by Crippen LogP contribution is -2.14. The van der Waals surface area contributed by atoms with Gasteiger partial charge in [-0.2, -0.15) is 0 Å². The first-order valence-corrected chi connectivity index (χ1v) is 10.4. The Kier molecular flexibility index (Phi) is 4.28. The lowest BCUT2D eigenvalue weighted by atomic mass is 9.74. The van der Waals surface area contributed by atoms with Gasteiger partial charge in [0.25, 0.3) is 0 Å². The molecule has 0 nitrogen and oxygen atoms in total. The normalized spacial score (nSPS) is 29.8. The fourth-order valence-corrected chi connectivity index (χ4v) is 5.45. The van der Waals surface area contributed by atoms with Crippen molar-refractivity contribution in [3.05, 3.63) is 95.1 Å². The van der Waals surface area contributed by atoms with Crippen molar-refractivity contribution in [3.63, 3.8) is 0 Å². The van der Waals surface area contributed by atoms with Crippen molar-refractivity contribution in [2.24, 2.45) is 0 Å². The summed E-state index contributed by atoms with van der Waals surface area (Å²) < 4.78 is 0. The summed E-state index contributed by atoms with van der Waals surface area (Å²) in [6.45, 7) is 0. The molecule has 2 aromatic carbocycles. The van der Waals surface area contributed by atoms with E-state index in [1.54, 1.807) is 22.3 Å². The molecule has 0 N–H and O–H groups in total. The van der Waals surface area contributed by atoms with Gasteiger partial charge in [0.15, 0.2) is 0 Å². The monoisotopic (exact) mass is 340 g/mol. The molecule has 6 rings (SSSR count). The van der Waals surface area contributed by atoms with Crippen LogP contribution in [0.1, 0.15) is 84.5 Å². The smallest absolute Gasteiger partial charge is 0.00211 e. The van der Waals surface area contributed by atoms with Crippen LogP contribution < -0.4 is 0 Å². The second-order valence-electron chi connectivity index (χ2n) is 8.32. The van der Waals surface area contributed by atoms with Crippen LogP contribution in [0.4, 0.5) is 0 Å². The first kappa shape index (κ1) is 16.1. The molecule has 4 bridgehead atoms. The first-order chi connectivity index (χ1) is 12.9. The molecule has 0 saturated carbocycles. The van der Waals surface area contributed by atoms with Crippen LogP contribution in [0.15, 0.2) is 72.8 Å². The van der Waals surface area contributed by atoms with E-state index in [1.165, 1.54) is 38.5 Å². The van der Waals surface area contributed by atoms with Crippen LogP contribution in [0, 0.1) is 0 Å². The van der Waals surface area contributed by atoms with Gasteiger partial charge in [0.2, 0.25) is 0 Å². The predicted molar refractivity (Wildman–Crippen MR) is 110 cm³/mol. The van der Waals surface area contributed by atoms with Crippen molar-refractivity contribution in [1.82, 2.24) is 0 Å². The van der Waals surface area contributed by atoms with Crippen LogP contribution >= 0.6 is 0 Å². The number of hydrogen-bond donors (Lipinski definition) is 0. The SMILES string of the molecule is C1=CC2CCCC3C=CC(CCCC1c1ccccc12)c1ccccc13. The van der Waals surface area contributed by atoms with Gasteiger partial charge < -0.3 is 0 Å². The summed E-state index contributed by atoms with van der Waals surface area (Å²) in [6, 6.07) is 18.4. The third kappa shape index (κ3) is 2.86. The Morgan fingerprint density at radius 1 is 0.423 bits per heavy atom. The lowest BCUT2D eigenvalue weighted by Gasteiger charge is -2.31. The molecule has 26 heavy (non-hydrogen) atoms. The summed E-state index contributed by atoms with van der Waals surface area (Å²) in [5, 5.41) is 0. The van der Waals surface area contributed by atoms with E-state index in [-0.39, 0.29) is 0 Å². The van der Waals surface area contributed by atoms with Crippen LogP contribution in [0.2, 0.25) is 0 Å². The maximum Gasteiger partial charge on any atom is 0.00211 e. The number of benzene rings is 2. The maximum atomic E-state index is 2.51. The van der Waals surface area contributed by atoms with E-state index in [9.17, 15) is 0 Å². The molecule has 0 radical (unpaired) electrons. The summed E-state index contributed by atoms with van der Waals surface area (Å²) in [5.41, 5.74) is 6.38. The van der Waals surface area contributed by atoms with Crippen molar-refractivity contribution in [3.8, 4) is 0 Å². The predicted octanol–water partition coefficient (Wildman–Crippen LogP) is 7.22. The molecule has 0 heteroatoms. The molecular weight excluding hydrogens is 312 g/mol. The van der Waals surface area contributed by atoms with Gasteiger partial charge in [-0.25, -0.2) is 0 Å². The van der Waals surface area contributed by atoms with Crippen LogP contribution in [-0.2, 0) is 0 Å². The van der Waals surface area contributed by atoms with Crippen LogP contribution in [0.25, 0.3) is 0 Å². The minimum atomic E-state index is 0.612. The highest BCUT2D eigenvalue weighted by atomic mass is 14.3. The number of hydrogen-bond acceptors (Lipinski definition) is 0. The molecule has 2 aromatic rings. The molecule has 0 aliphatic heterocycles. The summed E-state index contributed by atoms with van der Waals surface area (Å²) >= 11 is 0. The zero-order valence-electron chi connectivity index (χ0n) is 15.5. The highest BCUT2D eigenvalue weighted by Crippen LogP contribution is 2.43. The maximum absolute atomic E-state index is 2.51. The van der Waals surface area contributed by atoms with Gasteiger partial charge in [-0.1, -0.05) is 85.7 Å². The molecule has 4 aliphatic carbocycles. The van der Waals surface area contributed by atoms with Crippen LogP contribution in [0.5, 0.6) is 0 Å². The molecule has 4 atom stereocenters. The van der Waals surface area contributed by atoms with Gasteiger partial charge in [-0.3, -0.25) is 0 Å². The van der Waals surface area contributed by atoms with E-state index < -0.39 is 0 Å². The molecule has 0 spiro atoms. The van der Waals surface area contributed by atoms with Gasteiger partial charge in [0, 0.05) is 23.7 Å². The van der Waals surface area contributed by atoms with E-state index in [1.807, 2.05) is 0 Å². The molecule has 0 amide bonds. The summed E-state index contributed by atoms with van der Waals surface area (Å²) in [4.78, 5) is 0. The molecule has 0 saturated heterocycles. The third-order valence-electron chi connectivity index (χ3n) is 6.80. The number of fused-ring (bicyclic) bond motifs is 5. The third-order valence-corrected chi connectivity index (χ3v) is 6.80. The Morgan fingerprint density at radius 3 is 0.962 bits per heavy atom. The summed E-state index contributed by atoms with van der Waals surface area (Å²) in [7, 11) is 0. The van der Waals surface area contributed by atoms with E-state index in [4.69, 9.17) is 0 Å². The summed E-state index contributed by atoms with van der Waals surface area (Å²) in [6.07, 6.45) is 17.7. The average molecular weight is 341 g/mol. The van der Waals surface area contributed by atoms with Crippen LogP contribution in [0.3, 0.4) is 0 Å². The fraction of sp³-hybridized carbons (Fsp3) is 0.385. The number of rotatable bonds is 0. The van der Waals surface area contributed by atoms with Gasteiger partial charge in [-0.15, -0.1) is 0 Å². The van der Waals surface area contributed by atoms with Gasteiger partial charge in [0.05, 0.1) is 0 Å². The van der Waals surface area contributed by atoms with E-state index in [2.05, 4.69) is 72.8 Å². The molecule has 0 fully saturated rings. The van der Waals surface area contributed by atoms with Crippen molar-refractivity contribution < 1.29 is 0 Å². The highest BCUT2D eigenvalue weighted by molar-refractivity contribution is 5.43. The van der Waals surface area contributed by atoms with Gasteiger partial charge >= 0.3 is 0 Å². The lowest BCUT2D eigenvalue weighted by molar-refractivity contribution is 0.544. The second kappa shape index (κ2) is 6.91. The zero-order chi connectivity index (χ0) is 17.3. The highest BCUT2D eigenvalue weighted by Gasteiger charge is 2.26. The minimum absolute atomic E-state index is 0.612. The molecule has 132 valence electrons. The molecule has 4 aliphatic rings. The fourth-order valence-electron chi connectivity index (χ4n) is 5.45. The zero-order valence-corrected chi connectivity index (χ0v) is 15.5. The van der Waals surface area contributed by atoms with Crippen molar-refractivity contribution in [1.29, 1.82) is 0 Å². The largest absolute Gasteiger partial charge is 0.0804 e. The standard InChI is InChI=1S/C26H28/c1-2-12-24-20-8-6-10-22-18-17-21(25-13-3-4-14-26(22)25)9-5-7-19(15-16-20)23(24)11-1/h1-4,11-22H,5-10H2. The van der Waals surface area contributed by atoms with Gasteiger partial charge in [0.1, 0.15) is 0 Å².